The maximum absolute atomic E-state index is 11.0. The first-order valence-electron chi connectivity index (χ1n) is 9.12. The fourth-order valence-corrected chi connectivity index (χ4v) is 4.15. The van der Waals surface area contributed by atoms with Crippen LogP contribution in [0.15, 0.2) is 6.20 Å². The van der Waals surface area contributed by atoms with Gasteiger partial charge >= 0.3 is 5.97 Å². The van der Waals surface area contributed by atoms with Crippen molar-refractivity contribution in [1.29, 1.82) is 0 Å². The van der Waals surface area contributed by atoms with E-state index < -0.39 is 5.97 Å². The van der Waals surface area contributed by atoms with Gasteiger partial charge in [0.2, 0.25) is 0 Å². The third-order valence-electron chi connectivity index (χ3n) is 5.48. The van der Waals surface area contributed by atoms with Crippen molar-refractivity contribution in [1.82, 2.24) is 20.3 Å². The van der Waals surface area contributed by atoms with E-state index in [0.717, 1.165) is 25.3 Å². The minimum absolute atomic E-state index is 0.0385. The molecule has 0 spiro atoms. The lowest BCUT2D eigenvalue weighted by Gasteiger charge is -2.32. The second-order valence-corrected chi connectivity index (χ2v) is 7.09. The first-order chi connectivity index (χ1) is 11.2. The first-order valence-corrected chi connectivity index (χ1v) is 9.12. The summed E-state index contributed by atoms with van der Waals surface area (Å²) in [6, 6.07) is 0.617. The number of carboxylic acids is 1. The summed E-state index contributed by atoms with van der Waals surface area (Å²) < 4.78 is 1.76. The SMILES string of the molecule is O=C(O)c1cn([C@@H]2CCCC[C@@H]2NCCC2CCCCC2)nn1. The molecule has 1 aromatic heterocycles. The third kappa shape index (κ3) is 4.31. The minimum atomic E-state index is -1.01. The first kappa shape index (κ1) is 16.4. The summed E-state index contributed by atoms with van der Waals surface area (Å²) >= 11 is 0. The fourth-order valence-electron chi connectivity index (χ4n) is 4.15. The Morgan fingerprint density at radius 3 is 2.65 bits per heavy atom. The van der Waals surface area contributed by atoms with Crippen LogP contribution in [-0.4, -0.2) is 38.7 Å². The van der Waals surface area contributed by atoms with Crippen molar-refractivity contribution < 1.29 is 9.90 Å². The molecular weight excluding hydrogens is 292 g/mol. The number of aromatic nitrogens is 3. The average Bonchev–Trinajstić information content (AvgIpc) is 3.06. The molecule has 0 radical (unpaired) electrons. The molecule has 0 unspecified atom stereocenters. The van der Waals surface area contributed by atoms with Crippen molar-refractivity contribution in [2.75, 3.05) is 6.54 Å². The molecule has 0 aliphatic heterocycles. The number of aromatic carboxylic acids is 1. The zero-order valence-corrected chi connectivity index (χ0v) is 13.8. The molecule has 128 valence electrons. The number of hydrogen-bond acceptors (Lipinski definition) is 4. The van der Waals surface area contributed by atoms with E-state index >= 15 is 0 Å². The number of hydrogen-bond donors (Lipinski definition) is 2. The molecule has 2 fully saturated rings. The number of carboxylic acid groups (broad SMARTS) is 1. The molecule has 2 atom stereocenters. The van der Waals surface area contributed by atoms with Crippen LogP contribution in [-0.2, 0) is 0 Å². The Balaban J connectivity index is 1.54. The van der Waals surface area contributed by atoms with Crippen LogP contribution in [0.2, 0.25) is 0 Å². The molecule has 1 aromatic rings. The quantitative estimate of drug-likeness (QED) is 0.842. The maximum atomic E-state index is 11.0. The lowest BCUT2D eigenvalue weighted by Crippen LogP contribution is -2.41. The summed E-state index contributed by atoms with van der Waals surface area (Å²) in [6.45, 7) is 1.06. The Bertz CT molecular complexity index is 510. The van der Waals surface area contributed by atoms with E-state index in [4.69, 9.17) is 5.11 Å². The Morgan fingerprint density at radius 1 is 1.17 bits per heavy atom. The summed E-state index contributed by atoms with van der Waals surface area (Å²) in [6.07, 6.45) is 14.4. The number of carbonyl (C=O) groups is 1. The molecule has 0 aromatic carbocycles. The summed E-state index contributed by atoms with van der Waals surface area (Å²) in [4.78, 5) is 11.0. The second-order valence-electron chi connectivity index (χ2n) is 7.09. The zero-order valence-electron chi connectivity index (χ0n) is 13.8. The van der Waals surface area contributed by atoms with E-state index in [1.54, 1.807) is 10.9 Å². The summed E-state index contributed by atoms with van der Waals surface area (Å²) in [5.41, 5.74) is 0.0385. The number of rotatable bonds is 6. The van der Waals surface area contributed by atoms with Gasteiger partial charge in [-0.25, -0.2) is 9.48 Å². The molecule has 23 heavy (non-hydrogen) atoms. The van der Waals surface area contributed by atoms with E-state index in [2.05, 4.69) is 15.6 Å². The largest absolute Gasteiger partial charge is 0.476 e. The van der Waals surface area contributed by atoms with Crippen LogP contribution in [0, 0.1) is 5.92 Å². The Morgan fingerprint density at radius 2 is 1.91 bits per heavy atom. The van der Waals surface area contributed by atoms with Crippen molar-refractivity contribution >= 4 is 5.97 Å². The van der Waals surface area contributed by atoms with E-state index in [1.807, 2.05) is 0 Å². The van der Waals surface area contributed by atoms with Crippen LogP contribution in [0.25, 0.3) is 0 Å². The molecule has 2 aliphatic carbocycles. The van der Waals surface area contributed by atoms with Crippen molar-refractivity contribution in [3.05, 3.63) is 11.9 Å². The molecule has 0 amide bonds. The van der Waals surface area contributed by atoms with E-state index in [9.17, 15) is 4.79 Å². The normalized spacial score (nSPS) is 26.3. The lowest BCUT2D eigenvalue weighted by atomic mass is 9.86. The van der Waals surface area contributed by atoms with Crippen LogP contribution in [0.5, 0.6) is 0 Å². The zero-order chi connectivity index (χ0) is 16.1. The second kappa shape index (κ2) is 7.90. The predicted molar refractivity (Wildman–Crippen MR) is 87.5 cm³/mol. The highest BCUT2D eigenvalue weighted by Gasteiger charge is 2.28. The van der Waals surface area contributed by atoms with Crippen molar-refractivity contribution in [3.8, 4) is 0 Å². The highest BCUT2D eigenvalue weighted by Crippen LogP contribution is 2.29. The van der Waals surface area contributed by atoms with Crippen LogP contribution in [0.4, 0.5) is 0 Å². The van der Waals surface area contributed by atoms with Gasteiger partial charge < -0.3 is 10.4 Å². The van der Waals surface area contributed by atoms with Gasteiger partial charge in [-0.3, -0.25) is 0 Å². The van der Waals surface area contributed by atoms with E-state index in [1.165, 1.54) is 51.4 Å². The molecule has 2 aliphatic rings. The monoisotopic (exact) mass is 320 g/mol. The molecular formula is C17H28N4O2. The molecule has 2 saturated carbocycles. The van der Waals surface area contributed by atoms with Gasteiger partial charge in [0.25, 0.3) is 0 Å². The predicted octanol–water partition coefficient (Wildman–Crippen LogP) is 3.02. The van der Waals surface area contributed by atoms with Gasteiger partial charge in [-0.05, 0) is 31.7 Å². The topological polar surface area (TPSA) is 80.0 Å². The van der Waals surface area contributed by atoms with Crippen molar-refractivity contribution in [2.24, 2.45) is 5.92 Å². The van der Waals surface area contributed by atoms with Gasteiger partial charge in [-0.1, -0.05) is 50.2 Å². The molecule has 0 saturated heterocycles. The van der Waals surface area contributed by atoms with Crippen LogP contribution < -0.4 is 5.32 Å². The molecule has 0 bridgehead atoms. The molecule has 1 heterocycles. The van der Waals surface area contributed by atoms with Gasteiger partial charge in [0.15, 0.2) is 5.69 Å². The molecule has 2 N–H and O–H groups in total. The molecule has 6 nitrogen and oxygen atoms in total. The van der Waals surface area contributed by atoms with Crippen LogP contribution in [0.3, 0.4) is 0 Å². The van der Waals surface area contributed by atoms with Gasteiger partial charge in [0.1, 0.15) is 0 Å². The highest BCUT2D eigenvalue weighted by atomic mass is 16.4. The third-order valence-corrected chi connectivity index (χ3v) is 5.48. The average molecular weight is 320 g/mol. The van der Waals surface area contributed by atoms with Crippen LogP contribution >= 0.6 is 0 Å². The van der Waals surface area contributed by atoms with Gasteiger partial charge in [0, 0.05) is 6.04 Å². The molecule has 3 rings (SSSR count). The molecule has 6 heteroatoms. The summed E-state index contributed by atoms with van der Waals surface area (Å²) in [7, 11) is 0. The number of nitrogens with zero attached hydrogens (tertiary/aromatic N) is 3. The van der Waals surface area contributed by atoms with Gasteiger partial charge in [0.05, 0.1) is 12.2 Å². The smallest absolute Gasteiger partial charge is 0.358 e. The van der Waals surface area contributed by atoms with E-state index in [-0.39, 0.29) is 11.7 Å². The number of nitrogens with one attached hydrogen (secondary N) is 1. The van der Waals surface area contributed by atoms with E-state index in [0.29, 0.717) is 6.04 Å². The van der Waals surface area contributed by atoms with Gasteiger partial charge in [-0.15, -0.1) is 5.10 Å². The minimum Gasteiger partial charge on any atom is -0.476 e. The Kier molecular flexibility index (Phi) is 5.65. The summed E-state index contributed by atoms with van der Waals surface area (Å²) in [5, 5.41) is 20.6. The lowest BCUT2D eigenvalue weighted by molar-refractivity contribution is 0.0690. The van der Waals surface area contributed by atoms with Gasteiger partial charge in [-0.2, -0.15) is 0 Å². The maximum Gasteiger partial charge on any atom is 0.358 e. The van der Waals surface area contributed by atoms with Crippen molar-refractivity contribution in [3.63, 3.8) is 0 Å². The van der Waals surface area contributed by atoms with Crippen LogP contribution in [0.1, 0.15) is 80.7 Å². The Hall–Kier alpha value is -1.43. The Labute approximate surface area is 137 Å². The van der Waals surface area contributed by atoms with Crippen molar-refractivity contribution in [2.45, 2.75) is 76.3 Å². The standard InChI is InChI=1S/C17H28N4O2/c22-17(23)15-12-21(20-19-15)16-9-5-4-8-14(16)18-11-10-13-6-2-1-3-7-13/h12-14,16,18H,1-11H2,(H,22,23)/t14-,16+/m0/s1. The fraction of sp³-hybridized carbons (Fsp3) is 0.824. The summed E-state index contributed by atoms with van der Waals surface area (Å²) in [5.74, 6) is -0.114. The highest BCUT2D eigenvalue weighted by molar-refractivity contribution is 5.84.